The second-order valence-corrected chi connectivity index (χ2v) is 2.51. The second-order valence-electron chi connectivity index (χ2n) is 2.51. The molecule has 1 aromatic rings. The van der Waals surface area contributed by atoms with Crippen LogP contribution in [0.1, 0.15) is 10.4 Å². The van der Waals surface area contributed by atoms with Crippen molar-refractivity contribution in [1.29, 1.82) is 0 Å². The molecule has 0 spiro atoms. The third-order valence-electron chi connectivity index (χ3n) is 1.56. The smallest absolute Gasteiger partial charge is 0.172 e. The Morgan fingerprint density at radius 3 is 2.79 bits per heavy atom. The highest BCUT2D eigenvalue weighted by Crippen LogP contribution is 2.22. The van der Waals surface area contributed by atoms with Gasteiger partial charge in [0.15, 0.2) is 5.78 Å². The highest BCUT2D eigenvalue weighted by Gasteiger charge is 2.09. The summed E-state index contributed by atoms with van der Waals surface area (Å²) in [5.74, 6) is -0.966. The number of hydrogen-bond acceptors (Lipinski definition) is 4. The molecule has 0 radical (unpaired) electrons. The lowest BCUT2D eigenvalue weighted by Gasteiger charge is -2.01. The van der Waals surface area contributed by atoms with E-state index in [0.29, 0.717) is 0 Å². The Kier molecular flexibility index (Phi) is 2.93. The largest absolute Gasteiger partial charge is 0.508 e. The lowest BCUT2D eigenvalue weighted by atomic mass is 10.1. The number of Topliss-reactive ketones (excluding diaryl/α,β-unsaturated/α-hetero) is 1. The molecule has 1 rings (SSSR count). The number of aromatic hydroxyl groups is 2. The molecule has 14 heavy (non-hydrogen) atoms. The molecule has 0 unspecified atom stereocenters. The van der Waals surface area contributed by atoms with Gasteiger partial charge >= 0.3 is 0 Å². The van der Waals surface area contributed by atoms with Crippen LogP contribution < -0.4 is 0 Å². The molecule has 0 aliphatic carbocycles. The maximum Gasteiger partial charge on any atom is 0.172 e. The SMILES string of the molecule is [N-]=[N+]=NCC(=O)c1ccc(O)cc1O. The summed E-state index contributed by atoms with van der Waals surface area (Å²) >= 11 is 0. The number of nitrogens with zero attached hydrogens (tertiary/aromatic N) is 3. The van der Waals surface area contributed by atoms with E-state index in [-0.39, 0.29) is 23.6 Å². The summed E-state index contributed by atoms with van der Waals surface area (Å²) in [6, 6.07) is 3.58. The number of phenols is 2. The first-order valence-electron chi connectivity index (χ1n) is 3.71. The van der Waals surface area contributed by atoms with Crippen molar-refractivity contribution in [3.8, 4) is 11.5 Å². The minimum atomic E-state index is -0.500. The lowest BCUT2D eigenvalue weighted by Crippen LogP contribution is -2.02. The third kappa shape index (κ3) is 2.15. The van der Waals surface area contributed by atoms with Gasteiger partial charge in [-0.1, -0.05) is 5.11 Å². The van der Waals surface area contributed by atoms with Crippen molar-refractivity contribution in [1.82, 2.24) is 0 Å². The van der Waals surface area contributed by atoms with E-state index in [1.54, 1.807) is 0 Å². The fraction of sp³-hybridized carbons (Fsp3) is 0.125. The van der Waals surface area contributed by atoms with Gasteiger partial charge in [-0.3, -0.25) is 4.79 Å². The molecule has 2 N–H and O–H groups in total. The van der Waals surface area contributed by atoms with E-state index >= 15 is 0 Å². The molecule has 0 heterocycles. The Bertz CT molecular complexity index is 410. The Morgan fingerprint density at radius 1 is 1.50 bits per heavy atom. The predicted octanol–water partition coefficient (Wildman–Crippen LogP) is 1.59. The minimum absolute atomic E-state index is 0.0233. The maximum atomic E-state index is 11.2. The van der Waals surface area contributed by atoms with Crippen LogP contribution in [0.15, 0.2) is 23.3 Å². The second kappa shape index (κ2) is 4.15. The number of phenolic OH excluding ortho intramolecular Hbond substituents is 2. The van der Waals surface area contributed by atoms with Gasteiger partial charge < -0.3 is 10.2 Å². The summed E-state index contributed by atoms with van der Waals surface area (Å²) in [4.78, 5) is 13.7. The molecular formula is C8H7N3O3. The number of ketones is 1. The van der Waals surface area contributed by atoms with Crippen LogP contribution in [0.3, 0.4) is 0 Å². The van der Waals surface area contributed by atoms with E-state index in [1.165, 1.54) is 12.1 Å². The number of hydrogen-bond donors (Lipinski definition) is 2. The van der Waals surface area contributed by atoms with Crippen molar-refractivity contribution < 1.29 is 15.0 Å². The Balaban J connectivity index is 2.95. The molecule has 0 amide bonds. The van der Waals surface area contributed by atoms with Crippen molar-refractivity contribution in [2.75, 3.05) is 6.54 Å². The van der Waals surface area contributed by atoms with Gasteiger partial charge in [0.1, 0.15) is 11.5 Å². The van der Waals surface area contributed by atoms with Crippen molar-refractivity contribution in [2.24, 2.45) is 5.11 Å². The van der Waals surface area contributed by atoms with Crippen LogP contribution in [-0.4, -0.2) is 22.5 Å². The van der Waals surface area contributed by atoms with Gasteiger partial charge in [0, 0.05) is 11.0 Å². The van der Waals surface area contributed by atoms with Crippen LogP contribution >= 0.6 is 0 Å². The average molecular weight is 193 g/mol. The van der Waals surface area contributed by atoms with E-state index in [9.17, 15) is 9.90 Å². The van der Waals surface area contributed by atoms with Crippen LogP contribution in [0.4, 0.5) is 0 Å². The topological polar surface area (TPSA) is 106 Å². The lowest BCUT2D eigenvalue weighted by molar-refractivity contribution is 0.0999. The monoisotopic (exact) mass is 193 g/mol. The number of rotatable bonds is 3. The third-order valence-corrected chi connectivity index (χ3v) is 1.56. The first kappa shape index (κ1) is 9.88. The van der Waals surface area contributed by atoms with Gasteiger partial charge in [0.25, 0.3) is 0 Å². The molecule has 6 heteroatoms. The zero-order valence-corrected chi connectivity index (χ0v) is 7.08. The van der Waals surface area contributed by atoms with Crippen LogP contribution in [0.25, 0.3) is 10.4 Å². The molecule has 1 aromatic carbocycles. The molecule has 0 aliphatic heterocycles. The molecule has 0 saturated heterocycles. The summed E-state index contributed by atoms with van der Waals surface area (Å²) in [5.41, 5.74) is 8.00. The summed E-state index contributed by atoms with van der Waals surface area (Å²) in [7, 11) is 0. The first-order valence-corrected chi connectivity index (χ1v) is 3.71. The normalized spacial score (nSPS) is 9.14. The minimum Gasteiger partial charge on any atom is -0.508 e. The van der Waals surface area contributed by atoms with Crippen LogP contribution in [-0.2, 0) is 0 Å². The molecule has 0 fully saturated rings. The fourth-order valence-electron chi connectivity index (χ4n) is 0.937. The van der Waals surface area contributed by atoms with Gasteiger partial charge in [-0.15, -0.1) is 0 Å². The van der Waals surface area contributed by atoms with Crippen LogP contribution in [0.2, 0.25) is 0 Å². The number of carbonyl (C=O) groups is 1. The van der Waals surface area contributed by atoms with Crippen LogP contribution in [0, 0.1) is 0 Å². The molecule has 0 atom stereocenters. The Morgan fingerprint density at radius 2 is 2.21 bits per heavy atom. The highest BCUT2D eigenvalue weighted by atomic mass is 16.3. The van der Waals surface area contributed by atoms with E-state index in [4.69, 9.17) is 10.6 Å². The number of carbonyl (C=O) groups excluding carboxylic acids is 1. The molecular weight excluding hydrogens is 186 g/mol. The van der Waals surface area contributed by atoms with Crippen molar-refractivity contribution in [3.05, 3.63) is 34.2 Å². The Hall–Kier alpha value is -2.20. The summed E-state index contributed by atoms with van der Waals surface area (Å²) in [6.45, 7) is -0.352. The summed E-state index contributed by atoms with van der Waals surface area (Å²) < 4.78 is 0. The Labute approximate surface area is 79.0 Å². The average Bonchev–Trinajstić information content (AvgIpc) is 2.14. The number of azide groups is 1. The van der Waals surface area contributed by atoms with Crippen molar-refractivity contribution in [3.63, 3.8) is 0 Å². The zero-order chi connectivity index (χ0) is 10.6. The molecule has 0 aromatic heterocycles. The quantitative estimate of drug-likeness (QED) is 0.329. The van der Waals surface area contributed by atoms with E-state index < -0.39 is 5.78 Å². The standard InChI is InChI=1S/C8H7N3O3/c9-11-10-4-8(14)6-2-1-5(12)3-7(6)13/h1-3,12-13H,4H2. The van der Waals surface area contributed by atoms with E-state index in [2.05, 4.69) is 10.0 Å². The molecule has 72 valence electrons. The van der Waals surface area contributed by atoms with Gasteiger partial charge in [-0.05, 0) is 17.7 Å². The van der Waals surface area contributed by atoms with Gasteiger partial charge in [0.05, 0.1) is 12.1 Å². The summed E-state index contributed by atoms with van der Waals surface area (Å²) in [6.07, 6.45) is 0. The molecule has 0 bridgehead atoms. The predicted molar refractivity (Wildman–Crippen MR) is 48.1 cm³/mol. The van der Waals surface area contributed by atoms with Gasteiger partial charge in [0.2, 0.25) is 0 Å². The van der Waals surface area contributed by atoms with E-state index in [1.807, 2.05) is 0 Å². The highest BCUT2D eigenvalue weighted by molar-refractivity contribution is 6.00. The zero-order valence-electron chi connectivity index (χ0n) is 7.08. The van der Waals surface area contributed by atoms with E-state index in [0.717, 1.165) is 6.07 Å². The number of benzene rings is 1. The van der Waals surface area contributed by atoms with Crippen molar-refractivity contribution in [2.45, 2.75) is 0 Å². The molecule has 0 aliphatic rings. The molecule has 6 nitrogen and oxygen atoms in total. The van der Waals surface area contributed by atoms with Crippen LogP contribution in [0.5, 0.6) is 11.5 Å². The maximum absolute atomic E-state index is 11.2. The van der Waals surface area contributed by atoms with Gasteiger partial charge in [-0.25, -0.2) is 0 Å². The molecule has 0 saturated carbocycles. The summed E-state index contributed by atoms with van der Waals surface area (Å²) in [5, 5.41) is 21.3. The first-order chi connectivity index (χ1) is 6.65. The van der Waals surface area contributed by atoms with Gasteiger partial charge in [-0.2, -0.15) is 0 Å². The fourth-order valence-corrected chi connectivity index (χ4v) is 0.937. The van der Waals surface area contributed by atoms with Crippen molar-refractivity contribution >= 4 is 5.78 Å².